The van der Waals surface area contributed by atoms with Gasteiger partial charge in [0.2, 0.25) is 0 Å². The van der Waals surface area contributed by atoms with Gasteiger partial charge in [0.15, 0.2) is 0 Å². The van der Waals surface area contributed by atoms with E-state index < -0.39 is 11.4 Å². The van der Waals surface area contributed by atoms with Crippen molar-refractivity contribution in [1.29, 1.82) is 0 Å². The molecule has 2 heterocycles. The van der Waals surface area contributed by atoms with Crippen molar-refractivity contribution in [3.05, 3.63) is 53.0 Å². The van der Waals surface area contributed by atoms with Crippen LogP contribution >= 0.6 is 11.3 Å². The molecule has 0 spiro atoms. The third-order valence-corrected chi connectivity index (χ3v) is 5.10. The molecular weight excluding hydrogens is 332 g/mol. The minimum absolute atomic E-state index is 0.343. The van der Waals surface area contributed by atoms with Gasteiger partial charge in [-0.15, -0.1) is 11.3 Å². The number of pyridine rings is 1. The molecule has 128 valence electrons. The fourth-order valence-electron chi connectivity index (χ4n) is 2.77. The maximum Gasteiger partial charge on any atom is 0.332 e. The molecule has 0 bridgehead atoms. The minimum Gasteiger partial charge on any atom is -0.478 e. The molecule has 0 saturated carbocycles. The van der Waals surface area contributed by atoms with E-state index >= 15 is 0 Å². The van der Waals surface area contributed by atoms with E-state index in [1.807, 2.05) is 56.5 Å². The highest BCUT2D eigenvalue weighted by atomic mass is 32.1. The van der Waals surface area contributed by atoms with E-state index in [2.05, 4.69) is 4.98 Å². The Bertz CT molecular complexity index is 967. The molecule has 2 aromatic heterocycles. The Kier molecular flexibility index (Phi) is 4.35. The number of nitrogen functional groups attached to an aromatic ring is 1. The highest BCUT2D eigenvalue weighted by Gasteiger charge is 2.24. The van der Waals surface area contributed by atoms with Gasteiger partial charge in [-0.2, -0.15) is 0 Å². The summed E-state index contributed by atoms with van der Waals surface area (Å²) in [5.41, 5.74) is 8.88. The first kappa shape index (κ1) is 17.2. The number of rotatable bonds is 3. The van der Waals surface area contributed by atoms with Gasteiger partial charge in [-0.3, -0.25) is 0 Å². The minimum atomic E-state index is -0.919. The molecule has 4 nitrogen and oxygen atoms in total. The molecule has 5 heteroatoms. The third kappa shape index (κ3) is 3.28. The van der Waals surface area contributed by atoms with Gasteiger partial charge < -0.3 is 10.8 Å². The lowest BCUT2D eigenvalue weighted by Gasteiger charge is -2.19. The highest BCUT2D eigenvalue weighted by molar-refractivity contribution is 7.18. The van der Waals surface area contributed by atoms with Crippen LogP contribution in [0, 0.1) is 5.41 Å². The predicted octanol–water partition coefficient (Wildman–Crippen LogP) is 5.06. The first-order valence-electron chi connectivity index (χ1n) is 7.95. The van der Waals surface area contributed by atoms with Crippen LogP contribution in [0.2, 0.25) is 0 Å². The molecule has 0 aliphatic carbocycles. The van der Waals surface area contributed by atoms with E-state index in [0.717, 1.165) is 26.8 Å². The van der Waals surface area contributed by atoms with Crippen molar-refractivity contribution in [2.75, 3.05) is 5.73 Å². The fraction of sp³-hybridized carbons (Fsp3) is 0.200. The Morgan fingerprint density at radius 2 is 1.92 bits per heavy atom. The smallest absolute Gasteiger partial charge is 0.332 e. The summed E-state index contributed by atoms with van der Waals surface area (Å²) >= 11 is 1.56. The number of nitrogens with zero attached hydrogens (tertiary/aromatic N) is 1. The zero-order chi connectivity index (χ0) is 18.2. The summed E-state index contributed by atoms with van der Waals surface area (Å²) in [4.78, 5) is 16.0. The first-order valence-corrected chi connectivity index (χ1v) is 8.83. The normalized spacial score (nSPS) is 12.5. The van der Waals surface area contributed by atoms with Gasteiger partial charge in [-0.1, -0.05) is 51.1 Å². The molecule has 0 radical (unpaired) electrons. The van der Waals surface area contributed by atoms with Crippen molar-refractivity contribution in [1.82, 2.24) is 4.98 Å². The zero-order valence-electron chi connectivity index (χ0n) is 14.4. The summed E-state index contributed by atoms with van der Waals surface area (Å²) in [7, 11) is 0. The van der Waals surface area contributed by atoms with Crippen LogP contribution in [-0.2, 0) is 4.79 Å². The molecule has 0 amide bonds. The summed E-state index contributed by atoms with van der Waals surface area (Å²) in [5, 5.41) is 12.5. The molecule has 3 N–H and O–H groups in total. The Morgan fingerprint density at radius 3 is 2.52 bits per heavy atom. The highest BCUT2D eigenvalue weighted by Crippen LogP contribution is 2.39. The number of thiophene rings is 1. The SMILES string of the molecule is CC(C)(C)C(=Cc1cnc(N)c2c(-c3ccccc3)csc12)C(=O)O. The molecule has 3 aromatic rings. The van der Waals surface area contributed by atoms with Crippen LogP contribution in [0.1, 0.15) is 26.3 Å². The topological polar surface area (TPSA) is 76.2 Å². The van der Waals surface area contributed by atoms with Crippen molar-refractivity contribution in [3.63, 3.8) is 0 Å². The van der Waals surface area contributed by atoms with Crippen LogP contribution in [0.25, 0.3) is 27.3 Å². The van der Waals surface area contributed by atoms with E-state index in [1.54, 1.807) is 23.6 Å². The number of fused-ring (bicyclic) bond motifs is 1. The number of aromatic nitrogens is 1. The van der Waals surface area contributed by atoms with E-state index in [4.69, 9.17) is 5.73 Å². The molecule has 0 aliphatic rings. The van der Waals surface area contributed by atoms with Gasteiger partial charge in [-0.05, 0) is 22.4 Å². The van der Waals surface area contributed by atoms with Crippen LogP contribution in [0.15, 0.2) is 47.5 Å². The average Bonchev–Trinajstić information content (AvgIpc) is 2.99. The molecule has 25 heavy (non-hydrogen) atoms. The number of hydrogen-bond donors (Lipinski definition) is 2. The lowest BCUT2D eigenvalue weighted by atomic mass is 9.85. The second-order valence-electron chi connectivity index (χ2n) is 6.93. The number of benzene rings is 1. The standard InChI is InChI=1S/C20H20N2O2S/c1-20(2,3)15(19(23)24)9-13-10-22-18(21)16-14(11-25-17(13)16)12-7-5-4-6-8-12/h4-11H,1-3H3,(H2,21,22)(H,23,24). The molecule has 1 aromatic carbocycles. The number of carboxylic acid groups (broad SMARTS) is 1. The number of hydrogen-bond acceptors (Lipinski definition) is 4. The second kappa shape index (κ2) is 6.33. The summed E-state index contributed by atoms with van der Waals surface area (Å²) in [5.74, 6) is -0.461. The largest absolute Gasteiger partial charge is 0.478 e. The Balaban J connectivity index is 2.25. The number of aliphatic carboxylic acids is 1. The van der Waals surface area contributed by atoms with Gasteiger partial charge in [-0.25, -0.2) is 9.78 Å². The molecule has 0 fully saturated rings. The number of nitrogens with two attached hydrogens (primary N) is 1. The fourth-order valence-corrected chi connectivity index (χ4v) is 3.84. The Morgan fingerprint density at radius 1 is 1.24 bits per heavy atom. The molecule has 0 atom stereocenters. The molecule has 0 aliphatic heterocycles. The van der Waals surface area contributed by atoms with Gasteiger partial charge in [0.05, 0.1) is 0 Å². The van der Waals surface area contributed by atoms with Gasteiger partial charge >= 0.3 is 5.97 Å². The molecular formula is C20H20N2O2S. The van der Waals surface area contributed by atoms with Gasteiger partial charge in [0.1, 0.15) is 5.82 Å². The molecule has 3 rings (SSSR count). The van der Waals surface area contributed by atoms with E-state index in [-0.39, 0.29) is 0 Å². The number of carbonyl (C=O) groups is 1. The second-order valence-corrected chi connectivity index (χ2v) is 7.81. The van der Waals surface area contributed by atoms with Crippen molar-refractivity contribution in [3.8, 4) is 11.1 Å². The third-order valence-electron chi connectivity index (χ3n) is 4.08. The van der Waals surface area contributed by atoms with Crippen LogP contribution in [0.4, 0.5) is 5.82 Å². The lowest BCUT2D eigenvalue weighted by molar-refractivity contribution is -0.133. The van der Waals surface area contributed by atoms with Crippen LogP contribution < -0.4 is 5.73 Å². The monoisotopic (exact) mass is 352 g/mol. The van der Waals surface area contributed by atoms with Crippen molar-refractivity contribution < 1.29 is 9.90 Å². The van der Waals surface area contributed by atoms with Crippen molar-refractivity contribution in [2.45, 2.75) is 20.8 Å². The first-order chi connectivity index (χ1) is 11.8. The maximum atomic E-state index is 11.7. The quantitative estimate of drug-likeness (QED) is 0.646. The summed E-state index contributed by atoms with van der Waals surface area (Å²) < 4.78 is 0.953. The Labute approximate surface area is 150 Å². The van der Waals surface area contributed by atoms with Crippen LogP contribution in [0.5, 0.6) is 0 Å². The van der Waals surface area contributed by atoms with Crippen LogP contribution in [-0.4, -0.2) is 16.1 Å². The summed E-state index contributed by atoms with van der Waals surface area (Å²) in [6.07, 6.45) is 3.36. The zero-order valence-corrected chi connectivity index (χ0v) is 15.2. The van der Waals surface area contributed by atoms with Gasteiger partial charge in [0.25, 0.3) is 0 Å². The lowest BCUT2D eigenvalue weighted by Crippen LogP contribution is -2.17. The average molecular weight is 352 g/mol. The van der Waals surface area contributed by atoms with E-state index in [1.165, 1.54) is 0 Å². The molecule has 0 saturated heterocycles. The van der Waals surface area contributed by atoms with Crippen molar-refractivity contribution >= 4 is 39.3 Å². The van der Waals surface area contributed by atoms with Crippen molar-refractivity contribution in [2.24, 2.45) is 5.41 Å². The van der Waals surface area contributed by atoms with E-state index in [0.29, 0.717) is 11.4 Å². The Hall–Kier alpha value is -2.66. The predicted molar refractivity (Wildman–Crippen MR) is 105 cm³/mol. The van der Waals surface area contributed by atoms with E-state index in [9.17, 15) is 9.90 Å². The maximum absolute atomic E-state index is 11.7. The summed E-state index contributed by atoms with van der Waals surface area (Å²) in [6, 6.07) is 9.99. The number of carboxylic acids is 1. The van der Waals surface area contributed by atoms with Gasteiger partial charge in [0, 0.05) is 33.0 Å². The van der Waals surface area contributed by atoms with Crippen LogP contribution in [0.3, 0.4) is 0 Å². The molecule has 0 unspecified atom stereocenters. The number of anilines is 1. The summed E-state index contributed by atoms with van der Waals surface area (Å²) in [6.45, 7) is 5.66.